The van der Waals surface area contributed by atoms with Gasteiger partial charge in [0.15, 0.2) is 0 Å². The number of piperidine rings is 1. The Morgan fingerprint density at radius 2 is 1.76 bits per heavy atom. The van der Waals surface area contributed by atoms with Gasteiger partial charge in [-0.05, 0) is 61.1 Å². The maximum Gasteiger partial charge on any atom is 0.307 e. The van der Waals surface area contributed by atoms with E-state index in [1.165, 1.54) is 4.31 Å². The van der Waals surface area contributed by atoms with Gasteiger partial charge in [0.25, 0.3) is 0 Å². The summed E-state index contributed by atoms with van der Waals surface area (Å²) >= 11 is 12.6. The third-order valence-electron chi connectivity index (χ3n) is 7.95. The van der Waals surface area contributed by atoms with Gasteiger partial charge in [-0.2, -0.15) is 0 Å². The molecule has 5 unspecified atom stereocenters. The number of carboxylic acid groups (broad SMARTS) is 1. The molecule has 38 heavy (non-hydrogen) atoms. The summed E-state index contributed by atoms with van der Waals surface area (Å²) in [7, 11) is -1.90. The number of sulfonamides is 1. The van der Waals surface area contributed by atoms with Crippen LogP contribution in [0.3, 0.4) is 0 Å². The number of carbonyl (C=O) groups is 2. The fraction of sp³-hybridized carbons (Fsp3) is 0.500. The minimum Gasteiger partial charge on any atom is -0.481 e. The van der Waals surface area contributed by atoms with Crippen molar-refractivity contribution in [2.45, 2.75) is 62.8 Å². The first-order valence-electron chi connectivity index (χ1n) is 13.0. The Labute approximate surface area is 234 Å². The molecule has 206 valence electrons. The van der Waals surface area contributed by atoms with Gasteiger partial charge in [-0.3, -0.25) is 9.59 Å². The van der Waals surface area contributed by atoms with Crippen LogP contribution in [0.2, 0.25) is 10.0 Å². The molecule has 1 saturated heterocycles. The van der Waals surface area contributed by atoms with E-state index in [-0.39, 0.29) is 23.6 Å². The summed E-state index contributed by atoms with van der Waals surface area (Å²) in [5.41, 5.74) is 1.74. The Morgan fingerprint density at radius 3 is 2.32 bits per heavy atom. The highest BCUT2D eigenvalue weighted by Crippen LogP contribution is 2.48. The van der Waals surface area contributed by atoms with E-state index in [2.05, 4.69) is 0 Å². The van der Waals surface area contributed by atoms with Crippen molar-refractivity contribution < 1.29 is 23.1 Å². The second kappa shape index (κ2) is 11.5. The monoisotopic (exact) mass is 580 g/mol. The summed E-state index contributed by atoms with van der Waals surface area (Å²) in [6.45, 7) is 3.61. The highest BCUT2D eigenvalue weighted by molar-refractivity contribution is 7.90. The summed E-state index contributed by atoms with van der Waals surface area (Å²) in [6, 6.07) is 13.8. The zero-order valence-electron chi connectivity index (χ0n) is 21.8. The number of carboxylic acids is 1. The molecular formula is C28H34Cl2N2O5S. The number of nitrogens with zero attached hydrogens (tertiary/aromatic N) is 2. The highest BCUT2D eigenvalue weighted by atomic mass is 35.5. The lowest BCUT2D eigenvalue weighted by atomic mass is 9.71. The van der Waals surface area contributed by atoms with Crippen LogP contribution in [0, 0.1) is 11.8 Å². The summed E-state index contributed by atoms with van der Waals surface area (Å²) < 4.78 is 27.4. The van der Waals surface area contributed by atoms with Crippen LogP contribution in [0.4, 0.5) is 0 Å². The van der Waals surface area contributed by atoms with E-state index >= 15 is 0 Å². The minimum atomic E-state index is -3.46. The van der Waals surface area contributed by atoms with Crippen molar-refractivity contribution >= 4 is 45.1 Å². The Bertz CT molecular complexity index is 1280. The van der Waals surface area contributed by atoms with Gasteiger partial charge < -0.3 is 10.0 Å². The van der Waals surface area contributed by atoms with Gasteiger partial charge in [0.2, 0.25) is 15.9 Å². The highest BCUT2D eigenvalue weighted by Gasteiger charge is 2.49. The van der Waals surface area contributed by atoms with Crippen LogP contribution >= 0.6 is 23.2 Å². The van der Waals surface area contributed by atoms with Crippen molar-refractivity contribution in [1.82, 2.24) is 9.21 Å². The van der Waals surface area contributed by atoms with Crippen molar-refractivity contribution in [3.05, 3.63) is 69.7 Å². The molecule has 0 aromatic heterocycles. The summed E-state index contributed by atoms with van der Waals surface area (Å²) in [5.74, 6) is -3.27. The molecule has 1 saturated carbocycles. The molecule has 7 nitrogen and oxygen atoms in total. The van der Waals surface area contributed by atoms with Crippen molar-refractivity contribution in [1.29, 1.82) is 0 Å². The molecular weight excluding hydrogens is 547 g/mol. The molecule has 0 bridgehead atoms. The first-order valence-corrected chi connectivity index (χ1v) is 15.2. The van der Waals surface area contributed by atoms with E-state index < -0.39 is 39.9 Å². The summed E-state index contributed by atoms with van der Waals surface area (Å²) in [6.07, 6.45) is 2.11. The van der Waals surface area contributed by atoms with Crippen molar-refractivity contribution in [2.24, 2.45) is 11.8 Å². The van der Waals surface area contributed by atoms with Gasteiger partial charge in [-0.25, -0.2) is 12.7 Å². The normalized spacial score (nSPS) is 23.9. The predicted octanol–water partition coefficient (Wildman–Crippen LogP) is 5.59. The van der Waals surface area contributed by atoms with E-state index in [1.54, 1.807) is 37.1 Å². The van der Waals surface area contributed by atoms with Crippen LogP contribution in [-0.2, 0) is 19.6 Å². The van der Waals surface area contributed by atoms with Crippen LogP contribution in [0.25, 0.3) is 0 Å². The van der Waals surface area contributed by atoms with Crippen molar-refractivity contribution in [3.8, 4) is 0 Å². The number of likely N-dealkylation sites (N-methyl/N-ethyl adjacent to an activating group) is 1. The number of carbonyl (C=O) groups excluding carboxylic acids is 1. The van der Waals surface area contributed by atoms with E-state index in [4.69, 9.17) is 23.2 Å². The number of aliphatic carboxylic acids is 1. The fourth-order valence-corrected chi connectivity index (χ4v) is 7.51. The zero-order chi connectivity index (χ0) is 27.8. The number of hydrogen-bond donors (Lipinski definition) is 1. The molecule has 0 spiro atoms. The molecule has 2 aliphatic rings. The first-order chi connectivity index (χ1) is 17.9. The lowest BCUT2D eigenvalue weighted by molar-refractivity contribution is -0.157. The molecule has 2 aromatic rings. The largest absolute Gasteiger partial charge is 0.481 e. The molecule has 1 amide bonds. The van der Waals surface area contributed by atoms with Gasteiger partial charge >= 0.3 is 5.97 Å². The molecule has 1 heterocycles. The number of benzene rings is 2. The third-order valence-corrected chi connectivity index (χ3v) is 10.8. The number of hydrogen-bond acceptors (Lipinski definition) is 4. The quantitative estimate of drug-likeness (QED) is 0.395. The molecule has 4 rings (SSSR count). The van der Waals surface area contributed by atoms with Gasteiger partial charge in [0, 0.05) is 35.6 Å². The summed E-state index contributed by atoms with van der Waals surface area (Å²) in [4.78, 5) is 28.0. The van der Waals surface area contributed by atoms with E-state index in [0.29, 0.717) is 35.7 Å². The van der Waals surface area contributed by atoms with E-state index in [0.717, 1.165) is 11.1 Å². The van der Waals surface area contributed by atoms with Crippen LogP contribution < -0.4 is 0 Å². The first kappa shape index (κ1) is 28.9. The molecule has 10 heteroatoms. The van der Waals surface area contributed by atoms with Gasteiger partial charge in [-0.15, -0.1) is 0 Å². The lowest BCUT2D eigenvalue weighted by Gasteiger charge is -2.49. The van der Waals surface area contributed by atoms with Crippen LogP contribution in [0.5, 0.6) is 0 Å². The van der Waals surface area contributed by atoms with Crippen molar-refractivity contribution in [2.75, 3.05) is 13.6 Å². The van der Waals surface area contributed by atoms with Gasteiger partial charge in [0.05, 0.1) is 23.1 Å². The molecule has 0 radical (unpaired) electrons. The molecule has 1 aliphatic heterocycles. The smallest absolute Gasteiger partial charge is 0.307 e. The fourth-order valence-electron chi connectivity index (χ4n) is 5.57. The Kier molecular flexibility index (Phi) is 8.77. The van der Waals surface area contributed by atoms with Crippen LogP contribution in [0.15, 0.2) is 48.5 Å². The maximum absolute atomic E-state index is 14.2. The Balaban J connectivity index is 1.84. The Hall–Kier alpha value is -2.13. The predicted molar refractivity (Wildman–Crippen MR) is 149 cm³/mol. The summed E-state index contributed by atoms with van der Waals surface area (Å²) in [5, 5.41) is 10.6. The standard InChI is InChI=1S/C28H34Cl2N2O5S/c1-4-22(16-31(3)38(36,37)23-12-13-23)32-26(18-8-10-20(29)11-9-18)25(19-6-5-7-21(30)14-19)15-24(27(32)33)17(2)28(34)35/h5-11,14,17,22-26H,4,12-13,15-16H2,1-3H3,(H,34,35). The Morgan fingerprint density at radius 1 is 1.11 bits per heavy atom. The number of likely N-dealkylation sites (tertiary alicyclic amines) is 1. The van der Waals surface area contributed by atoms with Crippen molar-refractivity contribution in [3.63, 3.8) is 0 Å². The van der Waals surface area contributed by atoms with Gasteiger partial charge in [0.1, 0.15) is 0 Å². The molecule has 1 aliphatic carbocycles. The average molecular weight is 582 g/mol. The molecule has 5 atom stereocenters. The minimum absolute atomic E-state index is 0.127. The lowest BCUT2D eigenvalue weighted by Crippen LogP contribution is -2.56. The average Bonchev–Trinajstić information content (AvgIpc) is 3.73. The molecule has 1 N–H and O–H groups in total. The second-order valence-corrected chi connectivity index (χ2v) is 13.7. The van der Waals surface area contributed by atoms with Crippen LogP contribution in [0.1, 0.15) is 62.6 Å². The maximum atomic E-state index is 14.2. The van der Waals surface area contributed by atoms with Crippen LogP contribution in [-0.4, -0.2) is 59.5 Å². The topological polar surface area (TPSA) is 95.0 Å². The third kappa shape index (κ3) is 5.88. The molecule has 2 aromatic carbocycles. The zero-order valence-corrected chi connectivity index (χ0v) is 24.1. The van der Waals surface area contributed by atoms with Gasteiger partial charge in [-0.1, -0.05) is 61.3 Å². The number of halogens is 2. The van der Waals surface area contributed by atoms with E-state index in [1.807, 2.05) is 37.3 Å². The SMILES string of the molecule is CCC(CN(C)S(=O)(=O)C1CC1)N1C(=O)C(C(C)C(=O)O)CC(c2cccc(Cl)c2)C1c1ccc(Cl)cc1. The molecule has 2 fully saturated rings. The second-order valence-electron chi connectivity index (χ2n) is 10.5. The number of amides is 1. The number of rotatable bonds is 10. The van der Waals surface area contributed by atoms with E-state index in [9.17, 15) is 23.1 Å².